The van der Waals surface area contributed by atoms with Gasteiger partial charge in [0.05, 0.1) is 12.0 Å². The van der Waals surface area contributed by atoms with Crippen LogP contribution in [-0.2, 0) is 16.4 Å². The molecule has 3 N–H and O–H groups in total. The molecular formula is C17H20N2O4S. The Morgan fingerprint density at radius 2 is 1.83 bits per heavy atom. The highest BCUT2D eigenvalue weighted by Crippen LogP contribution is 2.14. The number of carbonyl (C=O) groups excluding carboxylic acids is 1. The first-order valence-corrected chi connectivity index (χ1v) is 8.90. The van der Waals surface area contributed by atoms with Gasteiger partial charge < -0.3 is 10.1 Å². The highest BCUT2D eigenvalue weighted by atomic mass is 32.2. The van der Waals surface area contributed by atoms with Crippen molar-refractivity contribution in [2.75, 3.05) is 13.7 Å². The Morgan fingerprint density at radius 1 is 1.17 bits per heavy atom. The molecule has 2 aromatic carbocycles. The third-order valence-corrected chi connectivity index (χ3v) is 4.39. The van der Waals surface area contributed by atoms with E-state index in [1.165, 1.54) is 12.1 Å². The Hall–Kier alpha value is -2.38. The number of sulfonamides is 1. The number of rotatable bonds is 6. The molecule has 2 aromatic rings. The van der Waals surface area contributed by atoms with Gasteiger partial charge in [-0.15, -0.1) is 0 Å². The molecule has 0 aliphatic carbocycles. The zero-order valence-corrected chi connectivity index (χ0v) is 14.4. The van der Waals surface area contributed by atoms with E-state index >= 15 is 0 Å². The molecule has 0 unspecified atom stereocenters. The standard InChI is InChI=1S/C17H20N2O4S/c1-12-9-14(11-16(10-12)24(18,21)22)17(20)19-8-7-13-3-5-15(23-2)6-4-13/h3-6,9-11H,7-8H2,1-2H3,(H,19,20)(H2,18,21,22). The number of ether oxygens (including phenoxy) is 1. The van der Waals surface area contributed by atoms with Crippen LogP contribution in [-0.4, -0.2) is 28.0 Å². The fourth-order valence-electron chi connectivity index (χ4n) is 2.26. The molecule has 0 bridgehead atoms. The Morgan fingerprint density at radius 3 is 2.42 bits per heavy atom. The van der Waals surface area contributed by atoms with Crippen molar-refractivity contribution in [3.8, 4) is 5.75 Å². The summed E-state index contributed by atoms with van der Waals surface area (Å²) in [6.45, 7) is 2.15. The van der Waals surface area contributed by atoms with Crippen LogP contribution in [0.25, 0.3) is 0 Å². The smallest absolute Gasteiger partial charge is 0.251 e. The molecule has 24 heavy (non-hydrogen) atoms. The summed E-state index contributed by atoms with van der Waals surface area (Å²) in [6, 6.07) is 11.9. The number of carbonyl (C=O) groups is 1. The largest absolute Gasteiger partial charge is 0.497 e. The van der Waals surface area contributed by atoms with E-state index < -0.39 is 10.0 Å². The molecule has 0 radical (unpaired) electrons. The molecule has 0 fully saturated rings. The van der Waals surface area contributed by atoms with Crippen LogP contribution in [0, 0.1) is 6.92 Å². The first-order chi connectivity index (χ1) is 11.3. The normalized spacial score (nSPS) is 11.1. The number of nitrogens with one attached hydrogen (secondary N) is 1. The minimum absolute atomic E-state index is 0.0668. The lowest BCUT2D eigenvalue weighted by atomic mass is 10.1. The molecule has 0 aromatic heterocycles. The summed E-state index contributed by atoms with van der Waals surface area (Å²) in [5.41, 5.74) is 1.99. The highest BCUT2D eigenvalue weighted by Gasteiger charge is 2.13. The van der Waals surface area contributed by atoms with Gasteiger partial charge in [-0.3, -0.25) is 4.79 Å². The van der Waals surface area contributed by atoms with Gasteiger partial charge in [0.15, 0.2) is 0 Å². The monoisotopic (exact) mass is 348 g/mol. The van der Waals surface area contributed by atoms with Crippen LogP contribution in [0.15, 0.2) is 47.4 Å². The van der Waals surface area contributed by atoms with E-state index in [1.807, 2.05) is 24.3 Å². The van der Waals surface area contributed by atoms with Crippen molar-refractivity contribution in [2.24, 2.45) is 5.14 Å². The summed E-state index contributed by atoms with van der Waals surface area (Å²) in [5, 5.41) is 7.90. The first kappa shape index (κ1) is 18.0. The van der Waals surface area contributed by atoms with Gasteiger partial charge in [0.1, 0.15) is 5.75 Å². The van der Waals surface area contributed by atoms with Crippen molar-refractivity contribution in [1.82, 2.24) is 5.32 Å². The Balaban J connectivity index is 2.00. The average Bonchev–Trinajstić information content (AvgIpc) is 2.54. The number of hydrogen-bond donors (Lipinski definition) is 2. The second-order valence-electron chi connectivity index (χ2n) is 5.43. The molecule has 0 aliphatic rings. The third-order valence-electron chi connectivity index (χ3n) is 3.50. The number of nitrogens with two attached hydrogens (primary N) is 1. The minimum atomic E-state index is -3.84. The summed E-state index contributed by atoms with van der Waals surface area (Å²) in [7, 11) is -2.24. The van der Waals surface area contributed by atoms with Crippen LogP contribution < -0.4 is 15.2 Å². The number of hydrogen-bond acceptors (Lipinski definition) is 4. The molecule has 0 spiro atoms. The van der Waals surface area contributed by atoms with Gasteiger partial charge in [0.2, 0.25) is 10.0 Å². The van der Waals surface area contributed by atoms with Crippen LogP contribution in [0.3, 0.4) is 0 Å². The second kappa shape index (κ2) is 7.46. The van der Waals surface area contributed by atoms with Crippen molar-refractivity contribution in [1.29, 1.82) is 0 Å². The lowest BCUT2D eigenvalue weighted by Crippen LogP contribution is -2.26. The van der Waals surface area contributed by atoms with E-state index in [-0.39, 0.29) is 16.4 Å². The molecule has 6 nitrogen and oxygen atoms in total. The molecule has 7 heteroatoms. The van der Waals surface area contributed by atoms with Crippen LogP contribution >= 0.6 is 0 Å². The second-order valence-corrected chi connectivity index (χ2v) is 7.00. The summed E-state index contributed by atoms with van der Waals surface area (Å²) >= 11 is 0. The van der Waals surface area contributed by atoms with Gasteiger partial charge in [-0.1, -0.05) is 12.1 Å². The van der Waals surface area contributed by atoms with Gasteiger partial charge in [0, 0.05) is 12.1 Å². The Bertz CT molecular complexity index is 830. The Labute approximate surface area is 141 Å². The molecule has 0 saturated heterocycles. The molecule has 128 valence electrons. The molecule has 0 heterocycles. The molecule has 0 atom stereocenters. The van der Waals surface area contributed by atoms with Crippen LogP contribution in [0.5, 0.6) is 5.75 Å². The predicted molar refractivity (Wildman–Crippen MR) is 91.6 cm³/mol. The van der Waals surface area contributed by atoms with Crippen molar-refractivity contribution in [3.63, 3.8) is 0 Å². The number of benzene rings is 2. The van der Waals surface area contributed by atoms with E-state index in [2.05, 4.69) is 5.32 Å². The molecule has 1 amide bonds. The average molecular weight is 348 g/mol. The number of primary sulfonamides is 1. The summed E-state index contributed by atoms with van der Waals surface area (Å²) in [4.78, 5) is 12.1. The van der Waals surface area contributed by atoms with E-state index in [9.17, 15) is 13.2 Å². The van der Waals surface area contributed by atoms with Crippen molar-refractivity contribution >= 4 is 15.9 Å². The van der Waals surface area contributed by atoms with Crippen molar-refractivity contribution in [3.05, 3.63) is 59.2 Å². The molecule has 2 rings (SSSR count). The van der Waals surface area contributed by atoms with E-state index in [0.717, 1.165) is 11.3 Å². The van der Waals surface area contributed by atoms with Crippen LogP contribution in [0.2, 0.25) is 0 Å². The summed E-state index contributed by atoms with van der Waals surface area (Å²) in [6.07, 6.45) is 0.656. The third kappa shape index (κ3) is 4.81. The van der Waals surface area contributed by atoms with E-state index in [0.29, 0.717) is 18.5 Å². The molecular weight excluding hydrogens is 328 g/mol. The van der Waals surface area contributed by atoms with Crippen molar-refractivity contribution in [2.45, 2.75) is 18.2 Å². The van der Waals surface area contributed by atoms with E-state index in [1.54, 1.807) is 20.1 Å². The summed E-state index contributed by atoms with van der Waals surface area (Å²) in [5.74, 6) is 0.440. The summed E-state index contributed by atoms with van der Waals surface area (Å²) < 4.78 is 28.0. The van der Waals surface area contributed by atoms with Crippen LogP contribution in [0.4, 0.5) is 0 Å². The van der Waals surface area contributed by atoms with Gasteiger partial charge in [-0.05, 0) is 54.8 Å². The maximum atomic E-state index is 12.2. The zero-order chi connectivity index (χ0) is 17.7. The van der Waals surface area contributed by atoms with Gasteiger partial charge in [-0.2, -0.15) is 0 Å². The van der Waals surface area contributed by atoms with E-state index in [4.69, 9.17) is 9.88 Å². The fourth-order valence-corrected chi connectivity index (χ4v) is 2.90. The Kier molecular flexibility index (Phi) is 5.58. The number of aryl methyl sites for hydroxylation is 1. The first-order valence-electron chi connectivity index (χ1n) is 7.35. The maximum Gasteiger partial charge on any atom is 0.251 e. The van der Waals surface area contributed by atoms with Gasteiger partial charge in [0.25, 0.3) is 5.91 Å². The predicted octanol–water partition coefficient (Wildman–Crippen LogP) is 1.62. The number of amides is 1. The lowest BCUT2D eigenvalue weighted by Gasteiger charge is -2.08. The SMILES string of the molecule is COc1ccc(CCNC(=O)c2cc(C)cc(S(N)(=O)=O)c2)cc1. The van der Waals surface area contributed by atoms with Gasteiger partial charge in [-0.25, -0.2) is 13.6 Å². The number of methoxy groups -OCH3 is 1. The van der Waals surface area contributed by atoms with Crippen molar-refractivity contribution < 1.29 is 17.9 Å². The minimum Gasteiger partial charge on any atom is -0.497 e. The highest BCUT2D eigenvalue weighted by molar-refractivity contribution is 7.89. The van der Waals surface area contributed by atoms with Crippen LogP contribution in [0.1, 0.15) is 21.5 Å². The fraction of sp³-hybridized carbons (Fsp3) is 0.235. The molecule has 0 saturated carbocycles. The van der Waals surface area contributed by atoms with Gasteiger partial charge >= 0.3 is 0 Å². The zero-order valence-electron chi connectivity index (χ0n) is 13.6. The topological polar surface area (TPSA) is 98.5 Å². The maximum absolute atomic E-state index is 12.2. The quantitative estimate of drug-likeness (QED) is 0.829. The lowest BCUT2D eigenvalue weighted by molar-refractivity contribution is 0.0954. The molecule has 0 aliphatic heterocycles.